The largest absolute Gasteiger partial charge is 0.497 e. The fourth-order valence-corrected chi connectivity index (χ4v) is 2.07. The van der Waals surface area contributed by atoms with Crippen molar-refractivity contribution >= 4 is 28.7 Å². The van der Waals surface area contributed by atoms with Crippen LogP contribution in [0.2, 0.25) is 0 Å². The van der Waals surface area contributed by atoms with Gasteiger partial charge in [0.05, 0.1) is 7.11 Å². The minimum Gasteiger partial charge on any atom is -0.497 e. The maximum atomic E-state index is 5.63. The molecule has 4 N–H and O–H groups in total. The maximum Gasteiger partial charge on any atom is 0.135 e. The number of methoxy groups -OCH3 is 1. The Hall–Kier alpha value is -3.28. The highest BCUT2D eigenvalue weighted by Gasteiger charge is 1.99. The molecule has 0 aliphatic carbocycles. The van der Waals surface area contributed by atoms with Gasteiger partial charge in [0, 0.05) is 23.1 Å². The molecule has 6 heteroatoms. The average molecular weight is 307 g/mol. The zero-order chi connectivity index (χ0) is 16.1. The number of ether oxygens (including phenoxy) is 1. The molecule has 0 saturated heterocycles. The summed E-state index contributed by atoms with van der Waals surface area (Å²) in [7, 11) is 1.65. The van der Waals surface area contributed by atoms with Crippen molar-refractivity contribution in [2.24, 2.45) is 0 Å². The van der Waals surface area contributed by atoms with Gasteiger partial charge in [0.1, 0.15) is 23.7 Å². The molecule has 0 unspecified atom stereocenters. The number of rotatable bonds is 5. The molecule has 23 heavy (non-hydrogen) atoms. The summed E-state index contributed by atoms with van der Waals surface area (Å²) in [5.74, 6) is 1.92. The van der Waals surface area contributed by atoms with E-state index in [1.807, 2.05) is 48.5 Å². The second kappa shape index (κ2) is 6.65. The van der Waals surface area contributed by atoms with E-state index in [4.69, 9.17) is 10.5 Å². The summed E-state index contributed by atoms with van der Waals surface area (Å²) < 4.78 is 5.14. The molecule has 0 saturated carbocycles. The number of aromatic nitrogens is 2. The lowest BCUT2D eigenvalue weighted by molar-refractivity contribution is 0.415. The number of anilines is 5. The normalized spacial score (nSPS) is 10.1. The number of nitrogen functional groups attached to an aromatic ring is 1. The summed E-state index contributed by atoms with van der Waals surface area (Å²) in [5, 5.41) is 6.50. The van der Waals surface area contributed by atoms with Crippen molar-refractivity contribution in [3.05, 3.63) is 60.9 Å². The first-order chi connectivity index (χ1) is 11.2. The van der Waals surface area contributed by atoms with Crippen LogP contribution in [0.25, 0.3) is 0 Å². The van der Waals surface area contributed by atoms with Gasteiger partial charge in [-0.2, -0.15) is 0 Å². The summed E-state index contributed by atoms with van der Waals surface area (Å²) in [6.07, 6.45) is 1.43. The molecule has 116 valence electrons. The van der Waals surface area contributed by atoms with Crippen LogP contribution >= 0.6 is 0 Å². The van der Waals surface area contributed by atoms with E-state index in [0.29, 0.717) is 11.6 Å². The molecular weight excluding hydrogens is 290 g/mol. The Balaban J connectivity index is 1.66. The molecule has 0 fully saturated rings. The minimum absolute atomic E-state index is 0.431. The summed E-state index contributed by atoms with van der Waals surface area (Å²) >= 11 is 0. The lowest BCUT2D eigenvalue weighted by atomic mass is 10.2. The second-order valence-corrected chi connectivity index (χ2v) is 4.88. The van der Waals surface area contributed by atoms with Gasteiger partial charge < -0.3 is 21.1 Å². The molecule has 0 aliphatic rings. The predicted molar refractivity (Wildman–Crippen MR) is 92.4 cm³/mol. The van der Waals surface area contributed by atoms with Crippen LogP contribution in [-0.2, 0) is 0 Å². The first-order valence-corrected chi connectivity index (χ1v) is 7.08. The van der Waals surface area contributed by atoms with Gasteiger partial charge in [0.2, 0.25) is 0 Å². The fraction of sp³-hybridized carbons (Fsp3) is 0.0588. The van der Waals surface area contributed by atoms with Crippen molar-refractivity contribution in [3.8, 4) is 5.75 Å². The number of nitrogens with one attached hydrogen (secondary N) is 2. The predicted octanol–water partition coefficient (Wildman–Crippen LogP) is 3.55. The third kappa shape index (κ3) is 3.88. The molecule has 1 aromatic heterocycles. The van der Waals surface area contributed by atoms with Crippen molar-refractivity contribution in [2.75, 3.05) is 23.5 Å². The average Bonchev–Trinajstić information content (AvgIpc) is 2.57. The molecule has 0 radical (unpaired) electrons. The van der Waals surface area contributed by atoms with E-state index in [2.05, 4.69) is 20.6 Å². The van der Waals surface area contributed by atoms with Gasteiger partial charge in [-0.15, -0.1) is 0 Å². The quantitative estimate of drug-likeness (QED) is 0.668. The lowest BCUT2D eigenvalue weighted by Gasteiger charge is -2.09. The summed E-state index contributed by atoms with van der Waals surface area (Å²) in [4.78, 5) is 7.97. The highest BCUT2D eigenvalue weighted by Crippen LogP contribution is 2.22. The van der Waals surface area contributed by atoms with E-state index < -0.39 is 0 Å². The van der Waals surface area contributed by atoms with Gasteiger partial charge in [-0.1, -0.05) is 0 Å². The van der Waals surface area contributed by atoms with Crippen LogP contribution < -0.4 is 21.1 Å². The minimum atomic E-state index is 0.431. The first-order valence-electron chi connectivity index (χ1n) is 7.08. The van der Waals surface area contributed by atoms with Gasteiger partial charge >= 0.3 is 0 Å². The molecule has 0 amide bonds. The third-order valence-corrected chi connectivity index (χ3v) is 3.22. The standard InChI is InChI=1S/C17H17N5O/c1-23-15-8-6-13(7-9-15)21-12-2-4-14(5-3-12)22-17-10-16(18)19-11-20-17/h2-11,21H,1H3,(H3,18,19,20,22). The van der Waals surface area contributed by atoms with E-state index >= 15 is 0 Å². The Morgan fingerprint density at radius 1 is 0.826 bits per heavy atom. The van der Waals surface area contributed by atoms with E-state index in [0.717, 1.165) is 22.8 Å². The number of nitrogens with two attached hydrogens (primary N) is 1. The molecule has 0 aliphatic heterocycles. The van der Waals surface area contributed by atoms with Crippen LogP contribution in [0.5, 0.6) is 5.75 Å². The number of benzene rings is 2. The van der Waals surface area contributed by atoms with E-state index in [1.54, 1.807) is 13.2 Å². The van der Waals surface area contributed by atoms with Gasteiger partial charge in [-0.05, 0) is 48.5 Å². The molecule has 3 rings (SSSR count). The smallest absolute Gasteiger partial charge is 0.135 e. The molecule has 0 bridgehead atoms. The van der Waals surface area contributed by atoms with Crippen LogP contribution in [-0.4, -0.2) is 17.1 Å². The number of hydrogen-bond donors (Lipinski definition) is 3. The van der Waals surface area contributed by atoms with Crippen molar-refractivity contribution in [2.45, 2.75) is 0 Å². The van der Waals surface area contributed by atoms with Crippen LogP contribution in [0.3, 0.4) is 0 Å². The summed E-state index contributed by atoms with van der Waals surface area (Å²) in [6, 6.07) is 17.3. The van der Waals surface area contributed by atoms with Gasteiger partial charge in [0.25, 0.3) is 0 Å². The third-order valence-electron chi connectivity index (χ3n) is 3.22. The molecular formula is C17H17N5O. The topological polar surface area (TPSA) is 85.1 Å². The molecule has 6 nitrogen and oxygen atoms in total. The molecule has 2 aromatic carbocycles. The Labute approximate surface area is 134 Å². The SMILES string of the molecule is COc1ccc(Nc2ccc(Nc3cc(N)ncn3)cc2)cc1. The van der Waals surface area contributed by atoms with Crippen LogP contribution in [0, 0.1) is 0 Å². The lowest BCUT2D eigenvalue weighted by Crippen LogP contribution is -1.97. The maximum absolute atomic E-state index is 5.63. The summed E-state index contributed by atoms with van der Waals surface area (Å²) in [5.41, 5.74) is 8.54. The first kappa shape index (κ1) is 14.6. The number of nitrogens with zero attached hydrogens (tertiary/aromatic N) is 2. The molecule has 3 aromatic rings. The Morgan fingerprint density at radius 2 is 1.39 bits per heavy atom. The number of hydrogen-bond acceptors (Lipinski definition) is 6. The summed E-state index contributed by atoms with van der Waals surface area (Å²) in [6.45, 7) is 0. The van der Waals surface area contributed by atoms with Gasteiger partial charge in [-0.3, -0.25) is 0 Å². The zero-order valence-corrected chi connectivity index (χ0v) is 12.7. The van der Waals surface area contributed by atoms with E-state index in [9.17, 15) is 0 Å². The monoisotopic (exact) mass is 307 g/mol. The van der Waals surface area contributed by atoms with Crippen molar-refractivity contribution < 1.29 is 4.74 Å². The van der Waals surface area contributed by atoms with Crippen LogP contribution in [0.4, 0.5) is 28.7 Å². The Bertz CT molecular complexity index is 772. The zero-order valence-electron chi connectivity index (χ0n) is 12.7. The molecule has 0 atom stereocenters. The Kier molecular flexibility index (Phi) is 4.24. The van der Waals surface area contributed by atoms with Crippen molar-refractivity contribution in [1.29, 1.82) is 0 Å². The second-order valence-electron chi connectivity index (χ2n) is 4.88. The van der Waals surface area contributed by atoms with E-state index in [1.165, 1.54) is 6.33 Å². The molecule has 1 heterocycles. The highest BCUT2D eigenvalue weighted by atomic mass is 16.5. The van der Waals surface area contributed by atoms with Crippen LogP contribution in [0.1, 0.15) is 0 Å². The van der Waals surface area contributed by atoms with Gasteiger partial charge in [0.15, 0.2) is 0 Å². The Morgan fingerprint density at radius 3 is 1.96 bits per heavy atom. The van der Waals surface area contributed by atoms with E-state index in [-0.39, 0.29) is 0 Å². The van der Waals surface area contributed by atoms with Crippen LogP contribution in [0.15, 0.2) is 60.9 Å². The molecule has 0 spiro atoms. The van der Waals surface area contributed by atoms with Crippen molar-refractivity contribution in [1.82, 2.24) is 9.97 Å². The van der Waals surface area contributed by atoms with Crippen molar-refractivity contribution in [3.63, 3.8) is 0 Å². The van der Waals surface area contributed by atoms with Gasteiger partial charge in [-0.25, -0.2) is 9.97 Å². The fourth-order valence-electron chi connectivity index (χ4n) is 2.07. The highest BCUT2D eigenvalue weighted by molar-refractivity contribution is 5.65.